The summed E-state index contributed by atoms with van der Waals surface area (Å²) in [5.41, 5.74) is 0.621. The zero-order chi connectivity index (χ0) is 27.0. The van der Waals surface area contributed by atoms with E-state index in [2.05, 4.69) is 5.32 Å². The van der Waals surface area contributed by atoms with E-state index in [0.717, 1.165) is 16.6 Å². The van der Waals surface area contributed by atoms with Gasteiger partial charge in [0.1, 0.15) is 18.4 Å². The molecule has 0 aliphatic heterocycles. The van der Waals surface area contributed by atoms with E-state index in [4.69, 9.17) is 0 Å². The Morgan fingerprint density at radius 3 is 2.31 bits per heavy atom. The highest BCUT2D eigenvalue weighted by Gasteiger charge is 2.32. The number of non-ortho nitro benzene ring substituents is 1. The number of rotatable bonds is 12. The van der Waals surface area contributed by atoms with Gasteiger partial charge in [0.25, 0.3) is 5.69 Å². The van der Waals surface area contributed by atoms with Crippen molar-refractivity contribution < 1.29 is 27.3 Å². The van der Waals surface area contributed by atoms with E-state index in [-0.39, 0.29) is 24.3 Å². The van der Waals surface area contributed by atoms with Gasteiger partial charge in [-0.05, 0) is 43.0 Å². The van der Waals surface area contributed by atoms with Gasteiger partial charge in [0, 0.05) is 25.2 Å². The molecule has 0 aliphatic rings. The number of hydrogen-bond donors (Lipinski definition) is 1. The molecule has 0 saturated heterocycles. The van der Waals surface area contributed by atoms with Crippen LogP contribution < -0.4 is 9.62 Å². The van der Waals surface area contributed by atoms with Crippen LogP contribution >= 0.6 is 0 Å². The van der Waals surface area contributed by atoms with Gasteiger partial charge in [0.05, 0.1) is 16.9 Å². The van der Waals surface area contributed by atoms with E-state index in [9.17, 15) is 32.5 Å². The molecule has 0 saturated carbocycles. The van der Waals surface area contributed by atoms with Crippen molar-refractivity contribution in [2.24, 2.45) is 0 Å². The van der Waals surface area contributed by atoms with Crippen LogP contribution in [0.15, 0.2) is 42.5 Å². The van der Waals surface area contributed by atoms with E-state index >= 15 is 0 Å². The van der Waals surface area contributed by atoms with Crippen molar-refractivity contribution >= 4 is 33.2 Å². The number of carbonyl (C=O) groups excluding carboxylic acids is 2. The van der Waals surface area contributed by atoms with Gasteiger partial charge in [-0.15, -0.1) is 0 Å². The number of nitro groups is 1. The molecular weight excluding hydrogens is 491 g/mol. The third-order valence-corrected chi connectivity index (χ3v) is 6.68. The fraction of sp³-hybridized carbons (Fsp3) is 0.417. The highest BCUT2D eigenvalue weighted by atomic mass is 32.2. The minimum atomic E-state index is -4.04. The first-order chi connectivity index (χ1) is 16.9. The van der Waals surface area contributed by atoms with Gasteiger partial charge in [0.15, 0.2) is 0 Å². The van der Waals surface area contributed by atoms with Crippen molar-refractivity contribution in [1.29, 1.82) is 0 Å². The molecule has 0 radical (unpaired) electrons. The Hall–Kier alpha value is -3.54. The van der Waals surface area contributed by atoms with Crippen LogP contribution in [0.5, 0.6) is 0 Å². The SMILES string of the molecule is CCCNC(=O)C(CC)N(Cc1ccc(F)cc1)C(=O)CN(c1cc([N+](=O)[O-])ccc1C)S(C)(=O)=O. The number of nitro benzene ring substituents is 1. The second kappa shape index (κ2) is 12.4. The number of halogens is 1. The van der Waals surface area contributed by atoms with Crippen LogP contribution in [-0.4, -0.2) is 55.4 Å². The molecule has 0 spiro atoms. The summed E-state index contributed by atoms with van der Waals surface area (Å²) in [7, 11) is -4.04. The lowest BCUT2D eigenvalue weighted by atomic mass is 10.1. The highest BCUT2D eigenvalue weighted by molar-refractivity contribution is 7.92. The summed E-state index contributed by atoms with van der Waals surface area (Å²) in [6, 6.07) is 8.24. The summed E-state index contributed by atoms with van der Waals surface area (Å²) in [6.45, 7) is 4.83. The predicted molar refractivity (Wildman–Crippen MR) is 134 cm³/mol. The van der Waals surface area contributed by atoms with Crippen molar-refractivity contribution in [3.8, 4) is 0 Å². The first kappa shape index (κ1) is 28.7. The van der Waals surface area contributed by atoms with Gasteiger partial charge in [-0.1, -0.05) is 32.0 Å². The second-order valence-corrected chi connectivity index (χ2v) is 10.3. The van der Waals surface area contributed by atoms with Crippen molar-refractivity contribution in [2.45, 2.75) is 46.2 Å². The highest BCUT2D eigenvalue weighted by Crippen LogP contribution is 2.28. The maximum atomic E-state index is 13.6. The van der Waals surface area contributed by atoms with Crippen molar-refractivity contribution in [2.75, 3.05) is 23.7 Å². The van der Waals surface area contributed by atoms with Gasteiger partial charge in [-0.25, -0.2) is 12.8 Å². The number of nitrogens with zero attached hydrogens (tertiary/aromatic N) is 3. The molecule has 0 aromatic heterocycles. The lowest BCUT2D eigenvalue weighted by Gasteiger charge is -2.33. The Bertz CT molecular complexity index is 1200. The number of carbonyl (C=O) groups is 2. The van der Waals surface area contributed by atoms with Gasteiger partial charge in [-0.3, -0.25) is 24.0 Å². The number of amides is 2. The van der Waals surface area contributed by atoms with Gasteiger partial charge >= 0.3 is 0 Å². The normalized spacial score (nSPS) is 12.0. The average Bonchev–Trinajstić information content (AvgIpc) is 2.81. The Morgan fingerprint density at radius 1 is 1.14 bits per heavy atom. The Morgan fingerprint density at radius 2 is 1.78 bits per heavy atom. The predicted octanol–water partition coefficient (Wildman–Crippen LogP) is 3.14. The summed E-state index contributed by atoms with van der Waals surface area (Å²) < 4.78 is 39.6. The van der Waals surface area contributed by atoms with Crippen LogP contribution in [0.4, 0.5) is 15.8 Å². The largest absolute Gasteiger partial charge is 0.354 e. The maximum absolute atomic E-state index is 13.6. The molecule has 1 atom stereocenters. The molecule has 0 heterocycles. The molecule has 2 amide bonds. The first-order valence-electron chi connectivity index (χ1n) is 11.4. The Balaban J connectivity index is 2.50. The quantitative estimate of drug-likeness (QED) is 0.337. The molecule has 0 fully saturated rings. The Labute approximate surface area is 210 Å². The summed E-state index contributed by atoms with van der Waals surface area (Å²) in [5, 5.41) is 14.0. The smallest absolute Gasteiger partial charge is 0.271 e. The molecule has 2 rings (SSSR count). The lowest BCUT2D eigenvalue weighted by molar-refractivity contribution is -0.384. The topological polar surface area (TPSA) is 130 Å². The minimum absolute atomic E-state index is 0.00901. The standard InChI is InChI=1S/C24H31FN4O6S/c1-5-13-26-24(31)21(6-2)27(15-18-8-10-19(25)11-9-18)23(30)16-28(36(4,34)35)22-14-20(29(32)33)12-7-17(22)3/h7-12,14,21H,5-6,13,15-16H2,1-4H3,(H,26,31). The molecule has 2 aromatic rings. The Kier molecular flexibility index (Phi) is 9.91. The monoisotopic (exact) mass is 522 g/mol. The van der Waals surface area contributed by atoms with E-state index in [1.807, 2.05) is 6.92 Å². The zero-order valence-corrected chi connectivity index (χ0v) is 21.5. The fourth-order valence-corrected chi connectivity index (χ4v) is 4.55. The van der Waals surface area contributed by atoms with Gasteiger partial charge < -0.3 is 10.2 Å². The third kappa shape index (κ3) is 7.48. The number of aryl methyl sites for hydroxylation is 1. The number of nitrogens with one attached hydrogen (secondary N) is 1. The maximum Gasteiger partial charge on any atom is 0.271 e. The molecule has 196 valence electrons. The fourth-order valence-electron chi connectivity index (χ4n) is 3.65. The number of sulfonamides is 1. The van der Waals surface area contributed by atoms with E-state index < -0.39 is 45.2 Å². The van der Waals surface area contributed by atoms with Crippen LogP contribution in [0.3, 0.4) is 0 Å². The number of benzene rings is 2. The van der Waals surface area contributed by atoms with E-state index in [1.54, 1.807) is 13.8 Å². The summed E-state index contributed by atoms with van der Waals surface area (Å²) in [6.07, 6.45) is 1.83. The van der Waals surface area contributed by atoms with E-state index in [1.165, 1.54) is 41.3 Å². The summed E-state index contributed by atoms with van der Waals surface area (Å²) in [5.74, 6) is -1.55. The number of hydrogen-bond acceptors (Lipinski definition) is 6. The first-order valence-corrected chi connectivity index (χ1v) is 13.3. The molecule has 1 N–H and O–H groups in total. The van der Waals surface area contributed by atoms with Crippen LogP contribution in [0.1, 0.15) is 37.8 Å². The van der Waals surface area contributed by atoms with Crippen LogP contribution in [0, 0.1) is 22.9 Å². The summed E-state index contributed by atoms with van der Waals surface area (Å²) in [4.78, 5) is 38.3. The van der Waals surface area contributed by atoms with Crippen molar-refractivity contribution in [1.82, 2.24) is 10.2 Å². The number of anilines is 1. The third-order valence-electron chi connectivity index (χ3n) is 5.55. The minimum Gasteiger partial charge on any atom is -0.354 e. The van der Waals surface area contributed by atoms with Crippen LogP contribution in [0.25, 0.3) is 0 Å². The molecule has 36 heavy (non-hydrogen) atoms. The molecule has 2 aromatic carbocycles. The molecule has 12 heteroatoms. The van der Waals surface area contributed by atoms with Crippen molar-refractivity contribution in [3.05, 3.63) is 69.5 Å². The van der Waals surface area contributed by atoms with Gasteiger partial charge in [-0.2, -0.15) is 0 Å². The van der Waals surface area contributed by atoms with Crippen molar-refractivity contribution in [3.63, 3.8) is 0 Å². The van der Waals surface area contributed by atoms with Gasteiger partial charge in [0.2, 0.25) is 21.8 Å². The lowest BCUT2D eigenvalue weighted by Crippen LogP contribution is -2.52. The average molecular weight is 523 g/mol. The zero-order valence-electron chi connectivity index (χ0n) is 20.7. The van der Waals surface area contributed by atoms with Crippen LogP contribution in [0.2, 0.25) is 0 Å². The molecule has 0 aliphatic carbocycles. The second-order valence-electron chi connectivity index (χ2n) is 8.36. The molecular formula is C24H31FN4O6S. The van der Waals surface area contributed by atoms with Crippen LogP contribution in [-0.2, 0) is 26.2 Å². The molecule has 10 nitrogen and oxygen atoms in total. The molecule has 1 unspecified atom stereocenters. The van der Waals surface area contributed by atoms with E-state index in [0.29, 0.717) is 24.1 Å². The summed E-state index contributed by atoms with van der Waals surface area (Å²) >= 11 is 0. The molecule has 0 bridgehead atoms.